The van der Waals surface area contributed by atoms with Crippen molar-refractivity contribution in [2.24, 2.45) is 0 Å². The third-order valence-corrected chi connectivity index (χ3v) is 0. The maximum Gasteiger partial charge on any atom is 4.00 e. The first-order chi connectivity index (χ1) is 0. The van der Waals surface area contributed by atoms with Crippen LogP contribution in [0.25, 0.3) is 0 Å². The second-order valence-electron chi connectivity index (χ2n) is 0. The smallest absolute Gasteiger partial charge is 2.00 e. The summed E-state index contributed by atoms with van der Waals surface area (Å²) in [6.45, 7) is 0. The molecular formula is Na2S4SnSr. The molecule has 0 aliphatic carbocycles. The van der Waals surface area contributed by atoms with Gasteiger partial charge in [-0.25, -0.2) is 0 Å². The van der Waals surface area contributed by atoms with Crippen molar-refractivity contribution in [3.63, 3.8) is 0 Å². The van der Waals surface area contributed by atoms with Crippen LogP contribution in [0.3, 0.4) is 0 Å². The largest absolute Gasteiger partial charge is 4.00 e. The van der Waals surface area contributed by atoms with Crippen LogP contribution >= 0.6 is 0 Å². The van der Waals surface area contributed by atoms with Gasteiger partial charge in [0.1, 0.15) is 0 Å². The maximum atomic E-state index is 0. The topological polar surface area (TPSA) is 0 Å². The van der Waals surface area contributed by atoms with E-state index in [4.69, 9.17) is 0 Å². The summed E-state index contributed by atoms with van der Waals surface area (Å²) in [5.41, 5.74) is 0. The van der Waals surface area contributed by atoms with Gasteiger partial charge in [0.2, 0.25) is 0 Å². The Morgan fingerprint density at radius 3 is 0.500 bits per heavy atom. The summed E-state index contributed by atoms with van der Waals surface area (Å²) in [4.78, 5) is 0. The van der Waals surface area contributed by atoms with Crippen molar-refractivity contribution in [2.45, 2.75) is 0 Å². The molecule has 0 heterocycles. The van der Waals surface area contributed by atoms with E-state index in [1.165, 1.54) is 0 Å². The van der Waals surface area contributed by atoms with Crippen molar-refractivity contribution < 1.29 is 59.1 Å². The Hall–Kier alpha value is 5.68. The molecule has 0 saturated carbocycles. The van der Waals surface area contributed by atoms with Gasteiger partial charge in [0.15, 0.2) is 0 Å². The summed E-state index contributed by atoms with van der Waals surface area (Å²) in [6, 6.07) is 0. The van der Waals surface area contributed by atoms with E-state index in [1.807, 2.05) is 0 Å². The number of hydrogen-bond acceptors (Lipinski definition) is 0. The predicted octanol–water partition coefficient (Wildman–Crippen LogP) is -6.76. The second-order valence-corrected chi connectivity index (χ2v) is 0. The van der Waals surface area contributed by atoms with E-state index in [9.17, 15) is 0 Å². The average Bonchev–Trinajstić information content (AvgIpc) is 0. The molecule has 0 atom stereocenters. The van der Waals surface area contributed by atoms with Crippen LogP contribution in [0.1, 0.15) is 0 Å². The zero-order chi connectivity index (χ0) is 0. The van der Waals surface area contributed by atoms with Gasteiger partial charge in [-0.05, 0) is 0 Å². The Morgan fingerprint density at radius 2 is 0.500 bits per heavy atom. The fourth-order valence-electron chi connectivity index (χ4n) is 0. The summed E-state index contributed by atoms with van der Waals surface area (Å²) in [6.07, 6.45) is 0. The van der Waals surface area contributed by atoms with Crippen molar-refractivity contribution in [1.82, 2.24) is 0 Å². The molecule has 0 rings (SSSR count). The van der Waals surface area contributed by atoms with Gasteiger partial charge < -0.3 is 54.0 Å². The fraction of sp³-hybridized carbons (Fsp3) is 0. The minimum Gasteiger partial charge on any atom is -2.00 e. The van der Waals surface area contributed by atoms with Crippen molar-refractivity contribution >= 4 is 123 Å². The van der Waals surface area contributed by atoms with E-state index in [-0.39, 0.29) is 182 Å². The minimum absolute atomic E-state index is 0. The minimum atomic E-state index is 0. The Labute approximate surface area is 177 Å². The zero-order valence-electron chi connectivity index (χ0n) is 4.84. The first-order valence-corrected chi connectivity index (χ1v) is 0. The first kappa shape index (κ1) is 68.2. The molecule has 0 aromatic carbocycles. The van der Waals surface area contributed by atoms with E-state index in [1.54, 1.807) is 0 Å². The summed E-state index contributed by atoms with van der Waals surface area (Å²) < 4.78 is 0. The van der Waals surface area contributed by atoms with E-state index >= 15 is 0 Å². The number of hydrogen-bond donors (Lipinski definition) is 0. The zero-order valence-corrected chi connectivity index (χ0v) is 18.4. The molecule has 8 heavy (non-hydrogen) atoms. The van der Waals surface area contributed by atoms with Crippen molar-refractivity contribution in [3.8, 4) is 0 Å². The standard InChI is InChI=1S/2Na.4S.Sn.Sr/q2*+1;4*-2;+4;+2. The molecule has 8 heteroatoms. The van der Waals surface area contributed by atoms with Gasteiger partial charge >= 0.3 is 129 Å². The molecule has 0 fully saturated rings. The summed E-state index contributed by atoms with van der Waals surface area (Å²) in [5, 5.41) is 0. The van der Waals surface area contributed by atoms with Gasteiger partial charge in [-0.15, -0.1) is 0 Å². The van der Waals surface area contributed by atoms with Gasteiger partial charge in [-0.3, -0.25) is 0 Å². The van der Waals surface area contributed by atoms with Crippen LogP contribution < -0.4 is 59.1 Å². The van der Waals surface area contributed by atoms with Crippen LogP contribution in [0.15, 0.2) is 0 Å². The van der Waals surface area contributed by atoms with Crippen molar-refractivity contribution in [1.29, 1.82) is 0 Å². The molecule has 0 aromatic rings. The van der Waals surface area contributed by atoms with Gasteiger partial charge in [-0.2, -0.15) is 0 Å². The maximum absolute atomic E-state index is 0. The van der Waals surface area contributed by atoms with Gasteiger partial charge in [0, 0.05) is 0 Å². The Balaban J connectivity index is 0. The summed E-state index contributed by atoms with van der Waals surface area (Å²) in [5.74, 6) is 0. The summed E-state index contributed by atoms with van der Waals surface area (Å²) >= 11 is 0. The third kappa shape index (κ3) is 41.3. The van der Waals surface area contributed by atoms with E-state index in [0.29, 0.717) is 0 Å². The molecule has 0 saturated heterocycles. The van der Waals surface area contributed by atoms with E-state index in [0.717, 1.165) is 0 Å². The van der Waals surface area contributed by atoms with E-state index in [2.05, 4.69) is 0 Å². The van der Waals surface area contributed by atoms with Gasteiger partial charge in [0.05, 0.1) is 0 Å². The van der Waals surface area contributed by atoms with Crippen LogP contribution in [0.2, 0.25) is 0 Å². The molecule has 0 spiro atoms. The van der Waals surface area contributed by atoms with Gasteiger partial charge in [-0.1, -0.05) is 0 Å². The molecule has 0 aliphatic heterocycles. The normalized spacial score (nSPS) is 0. The molecule has 0 N–H and O–H groups in total. The molecular weight excluding hydrogens is 381 g/mol. The quantitative estimate of drug-likeness (QED) is 0.367. The molecule has 0 amide bonds. The molecule has 0 aliphatic rings. The van der Waals surface area contributed by atoms with Gasteiger partial charge in [0.25, 0.3) is 0 Å². The SMILES string of the molecule is [Na+].[Na+].[S-2].[S-2].[S-2].[S-2].[Sn+4].[Sr+2]. The third-order valence-electron chi connectivity index (χ3n) is 0. The molecule has 0 nitrogen and oxygen atoms in total. The number of rotatable bonds is 0. The Bertz CT molecular complexity index is 14.0. The Morgan fingerprint density at radius 1 is 0.500 bits per heavy atom. The van der Waals surface area contributed by atoms with Crippen LogP contribution in [-0.4, -0.2) is 69.4 Å². The van der Waals surface area contributed by atoms with Crippen LogP contribution in [-0.2, 0) is 54.0 Å². The fourth-order valence-corrected chi connectivity index (χ4v) is 0. The average molecular weight is 381 g/mol. The molecule has 0 aromatic heterocycles. The van der Waals surface area contributed by atoms with Crippen molar-refractivity contribution in [2.75, 3.05) is 0 Å². The van der Waals surface area contributed by atoms with Crippen LogP contribution in [0, 0.1) is 0 Å². The van der Waals surface area contributed by atoms with Crippen LogP contribution in [0.4, 0.5) is 0 Å². The summed E-state index contributed by atoms with van der Waals surface area (Å²) in [7, 11) is 0. The molecule has 32 valence electrons. The molecule has 0 radical (unpaired) electrons. The van der Waals surface area contributed by atoms with E-state index < -0.39 is 0 Å². The second kappa shape index (κ2) is 53.6. The monoisotopic (exact) mass is 382 g/mol. The predicted molar refractivity (Wildman–Crippen MR) is 41.0 cm³/mol. The van der Waals surface area contributed by atoms with Crippen LogP contribution in [0.5, 0.6) is 0 Å². The Kier molecular flexibility index (Phi) is 457. The van der Waals surface area contributed by atoms with Crippen molar-refractivity contribution in [3.05, 3.63) is 0 Å². The molecule has 0 bridgehead atoms. The first-order valence-electron chi connectivity index (χ1n) is 0. The molecule has 0 unspecified atom stereocenters.